The smallest absolute Gasteiger partial charge is 0.317 e. The van der Waals surface area contributed by atoms with Crippen molar-refractivity contribution in [1.29, 1.82) is 0 Å². The van der Waals surface area contributed by atoms with Gasteiger partial charge >= 0.3 is 12.0 Å². The number of carboxylic acid groups (broad SMARTS) is 1. The maximum absolute atomic E-state index is 11.5. The highest BCUT2D eigenvalue weighted by molar-refractivity contribution is 5.74. The Hall–Kier alpha value is -1.98. The molecule has 6 heteroatoms. The second kappa shape index (κ2) is 5.93. The van der Waals surface area contributed by atoms with Crippen molar-refractivity contribution in [2.75, 3.05) is 13.6 Å². The van der Waals surface area contributed by atoms with E-state index in [1.807, 2.05) is 13.0 Å². The molecular formula is C11H16N2O4. The van der Waals surface area contributed by atoms with Crippen LogP contribution in [0.4, 0.5) is 4.79 Å². The summed E-state index contributed by atoms with van der Waals surface area (Å²) in [6.07, 6.45) is 1.49. The Balaban J connectivity index is 2.37. The van der Waals surface area contributed by atoms with Gasteiger partial charge in [0.15, 0.2) is 0 Å². The van der Waals surface area contributed by atoms with Gasteiger partial charge in [-0.15, -0.1) is 0 Å². The van der Waals surface area contributed by atoms with Crippen LogP contribution in [0.2, 0.25) is 0 Å². The van der Waals surface area contributed by atoms with Crippen LogP contribution in [-0.4, -0.2) is 35.6 Å². The molecule has 0 saturated carbocycles. The molecule has 2 N–H and O–H groups in total. The minimum Gasteiger partial charge on any atom is -0.481 e. The van der Waals surface area contributed by atoms with Crippen LogP contribution in [0.5, 0.6) is 0 Å². The molecule has 0 aromatic carbocycles. The molecule has 0 radical (unpaired) electrons. The van der Waals surface area contributed by atoms with Gasteiger partial charge in [-0.1, -0.05) is 0 Å². The molecule has 0 aliphatic carbocycles. The van der Waals surface area contributed by atoms with E-state index in [0.717, 1.165) is 11.3 Å². The zero-order valence-electron chi connectivity index (χ0n) is 9.90. The van der Waals surface area contributed by atoms with Gasteiger partial charge in [-0.3, -0.25) is 4.79 Å². The molecule has 17 heavy (non-hydrogen) atoms. The highest BCUT2D eigenvalue weighted by Gasteiger charge is 2.12. The third-order valence-corrected chi connectivity index (χ3v) is 2.31. The molecule has 1 heterocycles. The summed E-state index contributed by atoms with van der Waals surface area (Å²) < 4.78 is 5.21. The van der Waals surface area contributed by atoms with Crippen molar-refractivity contribution in [3.8, 4) is 0 Å². The molecule has 94 valence electrons. The Labute approximate surface area is 99.2 Å². The van der Waals surface area contributed by atoms with Gasteiger partial charge in [0.2, 0.25) is 0 Å². The number of amides is 2. The Morgan fingerprint density at radius 3 is 2.76 bits per heavy atom. The number of carboxylic acids is 1. The second-order valence-corrected chi connectivity index (χ2v) is 3.76. The number of urea groups is 1. The van der Waals surface area contributed by atoms with Gasteiger partial charge in [-0.2, -0.15) is 0 Å². The van der Waals surface area contributed by atoms with E-state index in [2.05, 4.69) is 5.32 Å². The zero-order valence-corrected chi connectivity index (χ0v) is 9.90. The average Bonchev–Trinajstić information content (AvgIpc) is 2.63. The first-order valence-corrected chi connectivity index (χ1v) is 5.24. The van der Waals surface area contributed by atoms with Gasteiger partial charge < -0.3 is 19.7 Å². The largest absolute Gasteiger partial charge is 0.481 e. The predicted octanol–water partition coefficient (Wildman–Crippen LogP) is 1.20. The Bertz CT molecular complexity index is 400. The lowest BCUT2D eigenvalue weighted by Crippen LogP contribution is -2.37. The number of carbonyl (C=O) groups is 2. The molecule has 0 aliphatic rings. The van der Waals surface area contributed by atoms with E-state index in [1.165, 1.54) is 4.90 Å². The fourth-order valence-corrected chi connectivity index (χ4v) is 1.26. The van der Waals surface area contributed by atoms with E-state index < -0.39 is 5.97 Å². The number of aliphatic carboxylic acids is 1. The normalized spacial score (nSPS) is 10.0. The number of hydrogen-bond acceptors (Lipinski definition) is 3. The van der Waals surface area contributed by atoms with Crippen molar-refractivity contribution in [1.82, 2.24) is 10.2 Å². The second-order valence-electron chi connectivity index (χ2n) is 3.76. The fourth-order valence-electron chi connectivity index (χ4n) is 1.26. The van der Waals surface area contributed by atoms with E-state index in [-0.39, 0.29) is 19.0 Å². The van der Waals surface area contributed by atoms with Crippen LogP contribution in [0.3, 0.4) is 0 Å². The van der Waals surface area contributed by atoms with Crippen LogP contribution >= 0.6 is 0 Å². The molecule has 6 nitrogen and oxygen atoms in total. The van der Waals surface area contributed by atoms with Crippen LogP contribution in [-0.2, 0) is 11.3 Å². The van der Waals surface area contributed by atoms with Crippen molar-refractivity contribution in [2.45, 2.75) is 19.9 Å². The van der Waals surface area contributed by atoms with Crippen LogP contribution < -0.4 is 5.32 Å². The number of hydrogen-bond donors (Lipinski definition) is 2. The highest BCUT2D eigenvalue weighted by atomic mass is 16.4. The zero-order chi connectivity index (χ0) is 12.8. The van der Waals surface area contributed by atoms with Crippen molar-refractivity contribution < 1.29 is 19.1 Å². The number of nitrogens with one attached hydrogen (secondary N) is 1. The van der Waals surface area contributed by atoms with Crippen LogP contribution in [0, 0.1) is 6.92 Å². The maximum atomic E-state index is 11.5. The molecule has 0 aliphatic heterocycles. The minimum atomic E-state index is -0.935. The van der Waals surface area contributed by atoms with Crippen molar-refractivity contribution in [2.24, 2.45) is 0 Å². The van der Waals surface area contributed by atoms with E-state index in [4.69, 9.17) is 9.52 Å². The first-order valence-electron chi connectivity index (χ1n) is 5.24. The number of nitrogens with zero attached hydrogens (tertiary/aromatic N) is 1. The minimum absolute atomic E-state index is 0.0840. The van der Waals surface area contributed by atoms with Gasteiger partial charge in [-0.25, -0.2) is 4.79 Å². The molecule has 1 aromatic heterocycles. The topological polar surface area (TPSA) is 82.8 Å². The van der Waals surface area contributed by atoms with Crippen molar-refractivity contribution in [3.05, 3.63) is 23.7 Å². The third-order valence-electron chi connectivity index (χ3n) is 2.31. The van der Waals surface area contributed by atoms with Gasteiger partial charge in [-0.05, 0) is 18.6 Å². The Morgan fingerprint density at radius 1 is 1.53 bits per heavy atom. The van der Waals surface area contributed by atoms with Gasteiger partial charge in [0, 0.05) is 13.6 Å². The average molecular weight is 240 g/mol. The summed E-state index contributed by atoms with van der Waals surface area (Å²) in [6, 6.07) is 1.51. The summed E-state index contributed by atoms with van der Waals surface area (Å²) in [7, 11) is 1.62. The summed E-state index contributed by atoms with van der Waals surface area (Å²) in [6.45, 7) is 2.38. The lowest BCUT2D eigenvalue weighted by atomic mass is 10.3. The maximum Gasteiger partial charge on any atom is 0.317 e. The van der Waals surface area contributed by atoms with Gasteiger partial charge in [0.25, 0.3) is 0 Å². The lowest BCUT2D eigenvalue weighted by Gasteiger charge is -2.16. The Morgan fingerprint density at radius 2 is 2.24 bits per heavy atom. The van der Waals surface area contributed by atoms with Crippen LogP contribution in [0.15, 0.2) is 16.7 Å². The molecule has 1 aromatic rings. The summed E-state index contributed by atoms with van der Waals surface area (Å²) in [5, 5.41) is 10.9. The third kappa shape index (κ3) is 4.18. The number of furan rings is 1. The molecule has 1 rings (SSSR count). The van der Waals surface area contributed by atoms with Gasteiger partial charge in [0.1, 0.15) is 5.76 Å². The molecule has 0 spiro atoms. The van der Waals surface area contributed by atoms with Crippen molar-refractivity contribution >= 4 is 12.0 Å². The van der Waals surface area contributed by atoms with Crippen LogP contribution in [0.1, 0.15) is 17.7 Å². The number of rotatable bonds is 5. The van der Waals surface area contributed by atoms with E-state index in [9.17, 15) is 9.59 Å². The van der Waals surface area contributed by atoms with Crippen molar-refractivity contribution in [3.63, 3.8) is 0 Å². The van der Waals surface area contributed by atoms with E-state index >= 15 is 0 Å². The Kier molecular flexibility index (Phi) is 4.56. The molecule has 0 fully saturated rings. The first kappa shape index (κ1) is 13.1. The van der Waals surface area contributed by atoms with E-state index in [1.54, 1.807) is 13.3 Å². The lowest BCUT2D eigenvalue weighted by molar-refractivity contribution is -0.136. The predicted molar refractivity (Wildman–Crippen MR) is 60.6 cm³/mol. The highest BCUT2D eigenvalue weighted by Crippen LogP contribution is 2.10. The van der Waals surface area contributed by atoms with E-state index in [0.29, 0.717) is 6.54 Å². The molecule has 0 atom stereocenters. The molecule has 2 amide bonds. The summed E-state index contributed by atoms with van der Waals surface area (Å²) in [4.78, 5) is 23.3. The summed E-state index contributed by atoms with van der Waals surface area (Å²) in [5.74, 6) is -0.212. The SMILES string of the molecule is Cc1ccoc1CN(C)C(=O)NCCC(=O)O. The standard InChI is InChI=1S/C11H16N2O4/c1-8-4-6-17-9(8)7-13(2)11(16)12-5-3-10(14)15/h4,6H,3,5,7H2,1-2H3,(H,12,16)(H,14,15). The van der Waals surface area contributed by atoms with Gasteiger partial charge in [0.05, 0.1) is 19.2 Å². The molecular weight excluding hydrogens is 224 g/mol. The summed E-state index contributed by atoms with van der Waals surface area (Å²) in [5.41, 5.74) is 0.982. The number of aryl methyl sites for hydroxylation is 1. The molecule has 0 unspecified atom stereocenters. The molecule has 0 bridgehead atoms. The molecule has 0 saturated heterocycles. The summed E-state index contributed by atoms with van der Waals surface area (Å²) >= 11 is 0. The quantitative estimate of drug-likeness (QED) is 0.810. The first-order chi connectivity index (χ1) is 8.00. The fraction of sp³-hybridized carbons (Fsp3) is 0.455. The number of carbonyl (C=O) groups excluding carboxylic acids is 1. The van der Waals surface area contributed by atoms with Crippen LogP contribution in [0.25, 0.3) is 0 Å². The monoisotopic (exact) mass is 240 g/mol.